The Morgan fingerprint density at radius 3 is 2.22 bits per heavy atom. The number of amides is 1. The summed E-state index contributed by atoms with van der Waals surface area (Å²) in [4.78, 5) is 12.9. The second-order valence-electron chi connectivity index (χ2n) is 8.60. The van der Waals surface area contributed by atoms with Crippen molar-refractivity contribution in [3.63, 3.8) is 0 Å². The zero-order valence-corrected chi connectivity index (χ0v) is 23.9. The van der Waals surface area contributed by atoms with Gasteiger partial charge in [-0.3, -0.25) is 9.10 Å². The van der Waals surface area contributed by atoms with E-state index in [4.69, 9.17) is 25.8 Å². The number of rotatable bonds is 12. The van der Waals surface area contributed by atoms with E-state index >= 15 is 0 Å². The number of hydrazone groups is 1. The summed E-state index contributed by atoms with van der Waals surface area (Å²) >= 11 is 6.17. The van der Waals surface area contributed by atoms with Gasteiger partial charge < -0.3 is 14.2 Å². The molecule has 212 valence electrons. The highest BCUT2D eigenvalue weighted by molar-refractivity contribution is 7.92. The van der Waals surface area contributed by atoms with Gasteiger partial charge in [0.15, 0.2) is 0 Å². The Morgan fingerprint density at radius 2 is 1.54 bits per heavy atom. The maximum Gasteiger partial charge on any atom is 0.264 e. The van der Waals surface area contributed by atoms with Crippen LogP contribution in [0.4, 0.5) is 5.69 Å². The highest BCUT2D eigenvalue weighted by Gasteiger charge is 2.29. The van der Waals surface area contributed by atoms with Gasteiger partial charge in [0, 0.05) is 10.6 Å². The third-order valence-electron chi connectivity index (χ3n) is 5.92. The first-order chi connectivity index (χ1) is 19.8. The third kappa shape index (κ3) is 7.56. The number of halogens is 1. The van der Waals surface area contributed by atoms with Crippen LogP contribution in [0, 0.1) is 0 Å². The fraction of sp³-hybridized carbons (Fsp3) is 0.133. The molecular weight excluding hydrogens is 566 g/mol. The molecular formula is C30H28ClN3O6S. The Kier molecular flexibility index (Phi) is 9.83. The van der Waals surface area contributed by atoms with Gasteiger partial charge in [0.2, 0.25) is 0 Å². The third-order valence-corrected chi connectivity index (χ3v) is 8.07. The summed E-state index contributed by atoms with van der Waals surface area (Å²) < 4.78 is 44.5. The largest absolute Gasteiger partial charge is 0.497 e. The van der Waals surface area contributed by atoms with Crippen LogP contribution in [0.2, 0.25) is 5.02 Å². The van der Waals surface area contributed by atoms with Crippen LogP contribution in [0.25, 0.3) is 0 Å². The second-order valence-corrected chi connectivity index (χ2v) is 10.9. The van der Waals surface area contributed by atoms with Crippen LogP contribution in [-0.4, -0.2) is 41.3 Å². The molecule has 0 heterocycles. The molecule has 0 saturated carbocycles. The lowest BCUT2D eigenvalue weighted by atomic mass is 10.2. The monoisotopic (exact) mass is 593 g/mol. The predicted molar refractivity (Wildman–Crippen MR) is 158 cm³/mol. The molecule has 1 amide bonds. The number of nitrogens with one attached hydrogen (secondary N) is 1. The van der Waals surface area contributed by atoms with Gasteiger partial charge in [-0.05, 0) is 72.3 Å². The standard InChI is InChI=1S/C30H28ClN3O6S/c1-38-24-15-17-26(18-16-24)41(36,37)34(28-9-5-6-10-29(28)39-2)20-30(35)33-32-19-22-11-13-25(14-12-22)40-21-23-7-3-4-8-27(23)31/h3-19H,20-21H2,1-2H3,(H,33,35)/b32-19-. The molecule has 0 bridgehead atoms. The Bertz CT molecular complexity index is 1610. The van der Waals surface area contributed by atoms with E-state index in [2.05, 4.69) is 10.5 Å². The number of para-hydroxylation sites is 2. The number of carbonyl (C=O) groups excluding carboxylic acids is 1. The van der Waals surface area contributed by atoms with Crippen LogP contribution in [0.3, 0.4) is 0 Å². The highest BCUT2D eigenvalue weighted by Crippen LogP contribution is 2.32. The van der Waals surface area contributed by atoms with Crippen molar-refractivity contribution in [2.24, 2.45) is 5.10 Å². The van der Waals surface area contributed by atoms with Gasteiger partial charge in [-0.1, -0.05) is 41.9 Å². The first-order valence-electron chi connectivity index (χ1n) is 12.4. The molecule has 41 heavy (non-hydrogen) atoms. The van der Waals surface area contributed by atoms with E-state index in [0.717, 1.165) is 9.87 Å². The molecule has 0 spiro atoms. The number of ether oxygens (including phenoxy) is 3. The van der Waals surface area contributed by atoms with E-state index in [-0.39, 0.29) is 16.3 Å². The van der Waals surface area contributed by atoms with Crippen LogP contribution < -0.4 is 23.9 Å². The summed E-state index contributed by atoms with van der Waals surface area (Å²) in [5.74, 6) is 0.782. The van der Waals surface area contributed by atoms with Gasteiger partial charge >= 0.3 is 0 Å². The maximum atomic E-state index is 13.6. The summed E-state index contributed by atoms with van der Waals surface area (Å²) in [6.07, 6.45) is 1.45. The minimum atomic E-state index is -4.15. The molecule has 0 aromatic heterocycles. The molecule has 0 saturated heterocycles. The minimum absolute atomic E-state index is 0.0163. The molecule has 4 aromatic carbocycles. The summed E-state index contributed by atoms with van der Waals surface area (Å²) in [5, 5.41) is 4.62. The molecule has 0 atom stereocenters. The molecule has 0 aliphatic carbocycles. The summed E-state index contributed by atoms with van der Waals surface area (Å²) in [6, 6.07) is 27.0. The van der Waals surface area contributed by atoms with Gasteiger partial charge in [-0.25, -0.2) is 13.8 Å². The predicted octanol–water partition coefficient (Wildman–Crippen LogP) is 5.28. The normalized spacial score (nSPS) is 11.2. The molecule has 0 unspecified atom stereocenters. The van der Waals surface area contributed by atoms with E-state index in [0.29, 0.717) is 28.7 Å². The molecule has 11 heteroatoms. The molecule has 0 aliphatic heterocycles. The van der Waals surface area contributed by atoms with E-state index in [9.17, 15) is 13.2 Å². The number of benzene rings is 4. The average Bonchev–Trinajstić information content (AvgIpc) is 3.00. The number of hydrogen-bond donors (Lipinski definition) is 1. The summed E-state index contributed by atoms with van der Waals surface area (Å²) in [5.41, 5.74) is 4.17. The van der Waals surface area contributed by atoms with Crippen LogP contribution in [-0.2, 0) is 21.4 Å². The summed E-state index contributed by atoms with van der Waals surface area (Å²) in [6.45, 7) is -0.216. The molecule has 4 aromatic rings. The van der Waals surface area contributed by atoms with Crippen LogP contribution in [0.15, 0.2) is 107 Å². The smallest absolute Gasteiger partial charge is 0.264 e. The van der Waals surface area contributed by atoms with E-state index in [1.807, 2.05) is 18.2 Å². The van der Waals surface area contributed by atoms with Crippen molar-refractivity contribution >= 4 is 39.4 Å². The lowest BCUT2D eigenvalue weighted by molar-refractivity contribution is -0.119. The number of hydrogen-bond acceptors (Lipinski definition) is 7. The fourth-order valence-electron chi connectivity index (χ4n) is 3.78. The van der Waals surface area contributed by atoms with Crippen molar-refractivity contribution in [3.8, 4) is 17.2 Å². The van der Waals surface area contributed by atoms with Crippen LogP contribution in [0.1, 0.15) is 11.1 Å². The molecule has 4 rings (SSSR count). The number of carbonyl (C=O) groups is 1. The Balaban J connectivity index is 1.44. The quantitative estimate of drug-likeness (QED) is 0.177. The lowest BCUT2D eigenvalue weighted by Crippen LogP contribution is -2.39. The minimum Gasteiger partial charge on any atom is -0.497 e. The van der Waals surface area contributed by atoms with Gasteiger partial charge in [0.1, 0.15) is 30.4 Å². The lowest BCUT2D eigenvalue weighted by Gasteiger charge is -2.25. The number of methoxy groups -OCH3 is 2. The average molecular weight is 594 g/mol. The van der Waals surface area contributed by atoms with Gasteiger partial charge in [0.25, 0.3) is 15.9 Å². The van der Waals surface area contributed by atoms with Crippen molar-refractivity contribution in [2.45, 2.75) is 11.5 Å². The van der Waals surface area contributed by atoms with E-state index < -0.39 is 22.5 Å². The first-order valence-corrected chi connectivity index (χ1v) is 14.2. The molecule has 0 radical (unpaired) electrons. The number of sulfonamides is 1. The first kappa shape index (κ1) is 29.4. The maximum absolute atomic E-state index is 13.6. The van der Waals surface area contributed by atoms with E-state index in [1.165, 1.54) is 44.7 Å². The van der Waals surface area contributed by atoms with Crippen molar-refractivity contribution in [2.75, 3.05) is 25.1 Å². The SMILES string of the molecule is COc1ccc(S(=O)(=O)N(CC(=O)N/N=C\c2ccc(OCc3ccccc3Cl)cc2)c2ccccc2OC)cc1. The zero-order valence-electron chi connectivity index (χ0n) is 22.4. The van der Waals surface area contributed by atoms with Crippen LogP contribution in [0.5, 0.6) is 17.2 Å². The summed E-state index contributed by atoms with van der Waals surface area (Å²) in [7, 11) is -1.24. The number of nitrogens with zero attached hydrogens (tertiary/aromatic N) is 2. The second kappa shape index (κ2) is 13.7. The number of anilines is 1. The Morgan fingerprint density at radius 1 is 0.878 bits per heavy atom. The van der Waals surface area contributed by atoms with E-state index in [1.54, 1.807) is 54.6 Å². The van der Waals surface area contributed by atoms with Gasteiger partial charge in [-0.15, -0.1) is 0 Å². The van der Waals surface area contributed by atoms with Gasteiger partial charge in [0.05, 0.1) is 31.0 Å². The van der Waals surface area contributed by atoms with Crippen LogP contribution >= 0.6 is 11.6 Å². The molecule has 1 N–H and O–H groups in total. The Hall–Kier alpha value is -4.54. The Labute approximate surface area is 244 Å². The van der Waals surface area contributed by atoms with Crippen molar-refractivity contribution in [3.05, 3.63) is 113 Å². The topological polar surface area (TPSA) is 107 Å². The molecule has 0 fully saturated rings. The van der Waals surface area contributed by atoms with Crippen molar-refractivity contribution < 1.29 is 27.4 Å². The fourth-order valence-corrected chi connectivity index (χ4v) is 5.40. The molecule has 0 aliphatic rings. The highest BCUT2D eigenvalue weighted by atomic mass is 35.5. The molecule has 9 nitrogen and oxygen atoms in total. The van der Waals surface area contributed by atoms with Gasteiger partial charge in [-0.2, -0.15) is 5.10 Å². The van der Waals surface area contributed by atoms with Crippen molar-refractivity contribution in [1.29, 1.82) is 0 Å². The zero-order chi connectivity index (χ0) is 29.2. The van der Waals surface area contributed by atoms with Crippen molar-refractivity contribution in [1.82, 2.24) is 5.43 Å².